The Labute approximate surface area is 90.2 Å². The molecule has 1 aromatic heterocycles. The molecular formula is C11H18N2O2. The number of rotatable bonds is 5. The Bertz CT molecular complexity index is 302. The topological polar surface area (TPSA) is 56.6 Å². The zero-order chi connectivity index (χ0) is 11.3. The van der Waals surface area contributed by atoms with Crippen molar-refractivity contribution in [3.05, 3.63) is 23.9 Å². The number of pyridine rings is 1. The van der Waals surface area contributed by atoms with Crippen molar-refractivity contribution in [2.24, 2.45) is 0 Å². The number of hydrogen-bond donors (Lipinski definition) is 2. The molecule has 0 aliphatic heterocycles. The van der Waals surface area contributed by atoms with Crippen molar-refractivity contribution in [3.8, 4) is 0 Å². The summed E-state index contributed by atoms with van der Waals surface area (Å²) < 4.78 is 0. The Morgan fingerprint density at radius 2 is 2.27 bits per heavy atom. The van der Waals surface area contributed by atoms with Crippen LogP contribution in [-0.4, -0.2) is 34.9 Å². The number of anilines is 1. The maximum Gasteiger partial charge on any atom is 0.128 e. The van der Waals surface area contributed by atoms with Gasteiger partial charge in [0.2, 0.25) is 0 Å². The van der Waals surface area contributed by atoms with Crippen LogP contribution >= 0.6 is 0 Å². The van der Waals surface area contributed by atoms with E-state index in [-0.39, 0.29) is 6.61 Å². The smallest absolute Gasteiger partial charge is 0.128 e. The van der Waals surface area contributed by atoms with Gasteiger partial charge in [-0.05, 0) is 31.5 Å². The largest absolute Gasteiger partial charge is 0.395 e. The lowest BCUT2D eigenvalue weighted by Crippen LogP contribution is -2.27. The predicted molar refractivity (Wildman–Crippen MR) is 59.8 cm³/mol. The molecule has 1 aromatic rings. The summed E-state index contributed by atoms with van der Waals surface area (Å²) >= 11 is 0. The Kier molecular flexibility index (Phi) is 4.52. The molecule has 0 saturated carbocycles. The highest BCUT2D eigenvalue weighted by Crippen LogP contribution is 2.17. The van der Waals surface area contributed by atoms with Crippen molar-refractivity contribution in [3.63, 3.8) is 0 Å². The third-order valence-corrected chi connectivity index (χ3v) is 2.33. The monoisotopic (exact) mass is 210 g/mol. The van der Waals surface area contributed by atoms with Gasteiger partial charge >= 0.3 is 0 Å². The van der Waals surface area contributed by atoms with Crippen LogP contribution in [0.4, 0.5) is 5.82 Å². The molecule has 0 fully saturated rings. The summed E-state index contributed by atoms with van der Waals surface area (Å²) in [6.07, 6.45) is 1.19. The molecule has 1 atom stereocenters. The minimum atomic E-state index is -0.486. The summed E-state index contributed by atoms with van der Waals surface area (Å²) in [5.41, 5.74) is 0.844. The molecule has 0 bridgehead atoms. The Morgan fingerprint density at radius 3 is 2.80 bits per heavy atom. The van der Waals surface area contributed by atoms with E-state index in [2.05, 4.69) is 4.98 Å². The van der Waals surface area contributed by atoms with Crippen LogP contribution in [-0.2, 0) is 0 Å². The molecule has 1 rings (SSSR count). The summed E-state index contributed by atoms with van der Waals surface area (Å²) in [4.78, 5) is 6.18. The van der Waals surface area contributed by atoms with Gasteiger partial charge in [-0.3, -0.25) is 0 Å². The van der Waals surface area contributed by atoms with Gasteiger partial charge < -0.3 is 15.1 Å². The molecular weight excluding hydrogens is 192 g/mol. The highest BCUT2D eigenvalue weighted by molar-refractivity contribution is 5.41. The fraction of sp³-hybridized carbons (Fsp3) is 0.545. The van der Waals surface area contributed by atoms with E-state index in [0.29, 0.717) is 6.54 Å². The van der Waals surface area contributed by atoms with Crippen molar-refractivity contribution in [2.75, 3.05) is 24.6 Å². The molecule has 0 spiro atoms. The molecule has 0 radical (unpaired) electrons. The summed E-state index contributed by atoms with van der Waals surface area (Å²) in [7, 11) is 0. The molecule has 0 saturated heterocycles. The highest BCUT2D eigenvalue weighted by Gasteiger charge is 2.07. The average molecular weight is 210 g/mol. The van der Waals surface area contributed by atoms with Crippen LogP contribution in [0.25, 0.3) is 0 Å². The third kappa shape index (κ3) is 3.18. The summed E-state index contributed by atoms with van der Waals surface area (Å²) in [5.74, 6) is 0.796. The van der Waals surface area contributed by atoms with E-state index in [9.17, 15) is 5.11 Å². The van der Waals surface area contributed by atoms with Crippen molar-refractivity contribution >= 4 is 5.82 Å². The number of nitrogens with zero attached hydrogens (tertiary/aromatic N) is 2. The second kappa shape index (κ2) is 5.68. The number of aromatic nitrogens is 1. The van der Waals surface area contributed by atoms with Crippen LogP contribution in [0.3, 0.4) is 0 Å². The number of hydrogen-bond acceptors (Lipinski definition) is 4. The zero-order valence-electron chi connectivity index (χ0n) is 9.22. The lowest BCUT2D eigenvalue weighted by atomic mass is 10.1. The van der Waals surface area contributed by atoms with E-state index < -0.39 is 6.10 Å². The lowest BCUT2D eigenvalue weighted by molar-refractivity contribution is 0.199. The molecule has 0 unspecified atom stereocenters. The highest BCUT2D eigenvalue weighted by atomic mass is 16.3. The first-order valence-electron chi connectivity index (χ1n) is 5.18. The van der Waals surface area contributed by atoms with E-state index in [1.54, 1.807) is 19.2 Å². The molecule has 0 aromatic carbocycles. The van der Waals surface area contributed by atoms with Crippen LogP contribution in [0.15, 0.2) is 18.3 Å². The Balaban J connectivity index is 2.87. The SMILES string of the molecule is CCN(CCO)c1cc([C@H](C)O)ccn1. The van der Waals surface area contributed by atoms with Crippen molar-refractivity contribution in [1.82, 2.24) is 4.98 Å². The van der Waals surface area contributed by atoms with Crippen LogP contribution in [0.5, 0.6) is 0 Å². The van der Waals surface area contributed by atoms with Gasteiger partial charge in [-0.25, -0.2) is 4.98 Å². The second-order valence-electron chi connectivity index (χ2n) is 3.43. The van der Waals surface area contributed by atoms with E-state index in [1.165, 1.54) is 0 Å². The molecule has 0 aliphatic carbocycles. The minimum absolute atomic E-state index is 0.106. The van der Waals surface area contributed by atoms with Crippen LogP contribution in [0.1, 0.15) is 25.5 Å². The van der Waals surface area contributed by atoms with Gasteiger partial charge in [0.05, 0.1) is 12.7 Å². The van der Waals surface area contributed by atoms with E-state index in [1.807, 2.05) is 17.9 Å². The van der Waals surface area contributed by atoms with Gasteiger partial charge in [-0.1, -0.05) is 0 Å². The van der Waals surface area contributed by atoms with Gasteiger partial charge in [-0.2, -0.15) is 0 Å². The van der Waals surface area contributed by atoms with Crippen LogP contribution < -0.4 is 4.90 Å². The summed E-state index contributed by atoms with van der Waals surface area (Å²) in [6, 6.07) is 3.64. The molecule has 4 nitrogen and oxygen atoms in total. The Morgan fingerprint density at radius 1 is 1.53 bits per heavy atom. The zero-order valence-corrected chi connectivity index (χ0v) is 9.22. The molecule has 84 valence electrons. The van der Waals surface area contributed by atoms with Gasteiger partial charge in [0.15, 0.2) is 0 Å². The molecule has 1 heterocycles. The molecule has 15 heavy (non-hydrogen) atoms. The van der Waals surface area contributed by atoms with Gasteiger partial charge in [-0.15, -0.1) is 0 Å². The maximum atomic E-state index is 9.44. The van der Waals surface area contributed by atoms with Crippen LogP contribution in [0.2, 0.25) is 0 Å². The lowest BCUT2D eigenvalue weighted by Gasteiger charge is -2.21. The number of aliphatic hydroxyl groups excluding tert-OH is 2. The maximum absolute atomic E-state index is 9.44. The quantitative estimate of drug-likeness (QED) is 0.760. The number of aliphatic hydroxyl groups is 2. The molecule has 0 aliphatic rings. The van der Waals surface area contributed by atoms with Crippen LogP contribution in [0, 0.1) is 0 Å². The third-order valence-electron chi connectivity index (χ3n) is 2.33. The normalized spacial score (nSPS) is 12.5. The van der Waals surface area contributed by atoms with E-state index in [0.717, 1.165) is 17.9 Å². The minimum Gasteiger partial charge on any atom is -0.395 e. The standard InChI is InChI=1S/C11H18N2O2/c1-3-13(6-7-14)11-8-10(9(2)15)4-5-12-11/h4-5,8-9,14-15H,3,6-7H2,1-2H3/t9-/m0/s1. The molecule has 2 N–H and O–H groups in total. The first-order chi connectivity index (χ1) is 7.19. The van der Waals surface area contributed by atoms with Gasteiger partial charge in [0.1, 0.15) is 5.82 Å². The Hall–Kier alpha value is -1.13. The number of likely N-dealkylation sites (N-methyl/N-ethyl adjacent to an activating group) is 1. The molecule has 4 heteroatoms. The van der Waals surface area contributed by atoms with Gasteiger partial charge in [0.25, 0.3) is 0 Å². The van der Waals surface area contributed by atoms with Gasteiger partial charge in [0, 0.05) is 19.3 Å². The van der Waals surface area contributed by atoms with Crippen molar-refractivity contribution < 1.29 is 10.2 Å². The first-order valence-corrected chi connectivity index (χ1v) is 5.18. The summed E-state index contributed by atoms with van der Waals surface area (Å²) in [6.45, 7) is 5.19. The van der Waals surface area contributed by atoms with E-state index >= 15 is 0 Å². The fourth-order valence-electron chi connectivity index (χ4n) is 1.42. The second-order valence-corrected chi connectivity index (χ2v) is 3.43. The molecule has 0 amide bonds. The summed E-state index contributed by atoms with van der Waals surface area (Å²) in [5, 5.41) is 18.3. The first kappa shape index (κ1) is 11.9. The predicted octanol–water partition coefficient (Wildman–Crippen LogP) is 0.953. The average Bonchev–Trinajstić information content (AvgIpc) is 2.26. The van der Waals surface area contributed by atoms with Crippen molar-refractivity contribution in [1.29, 1.82) is 0 Å². The van der Waals surface area contributed by atoms with Crippen molar-refractivity contribution in [2.45, 2.75) is 20.0 Å². The fourth-order valence-corrected chi connectivity index (χ4v) is 1.42. The van der Waals surface area contributed by atoms with E-state index in [4.69, 9.17) is 5.11 Å².